The lowest BCUT2D eigenvalue weighted by molar-refractivity contribution is 0.127. The van der Waals surface area contributed by atoms with Crippen LogP contribution in [-0.2, 0) is 4.74 Å². The summed E-state index contributed by atoms with van der Waals surface area (Å²) >= 11 is 6.13. The zero-order valence-electron chi connectivity index (χ0n) is 16.5. The Labute approximate surface area is 161 Å². The van der Waals surface area contributed by atoms with E-state index in [9.17, 15) is 0 Å². The second-order valence-corrected chi connectivity index (χ2v) is 7.30. The number of hydrogen-bond donors (Lipinski definition) is 1. The molecule has 0 aliphatic carbocycles. The van der Waals surface area contributed by atoms with Gasteiger partial charge in [0.2, 0.25) is 5.88 Å². The molecule has 1 heterocycles. The predicted octanol–water partition coefficient (Wildman–Crippen LogP) is 5.23. The van der Waals surface area contributed by atoms with Crippen LogP contribution in [0, 0.1) is 27.7 Å². The van der Waals surface area contributed by atoms with Gasteiger partial charge >= 0.3 is 0 Å². The number of aryl methyl sites for hydroxylation is 3. The molecule has 2 N–H and O–H groups in total. The lowest BCUT2D eigenvalue weighted by atomic mass is 9.91. The van der Waals surface area contributed by atoms with Crippen molar-refractivity contribution in [2.75, 3.05) is 13.2 Å². The molecule has 0 amide bonds. The monoisotopic (exact) mass is 376 g/mol. The number of benzene rings is 1. The molecule has 0 saturated heterocycles. The Hall–Kier alpha value is -1.62. The van der Waals surface area contributed by atoms with Crippen LogP contribution in [0.4, 0.5) is 0 Å². The van der Waals surface area contributed by atoms with Crippen molar-refractivity contribution in [2.45, 2.75) is 53.5 Å². The standard InChI is InChI=1S/C21H29ClN2O2/c1-7-25-11-19(23)15(5)18-10-14(4)24-21(16(18)6)26-20-12(2)8-17(22)9-13(20)3/h8-10,15,19H,7,11,23H2,1-6H3. The molecule has 4 nitrogen and oxygen atoms in total. The molecule has 0 saturated carbocycles. The van der Waals surface area contributed by atoms with Crippen LogP contribution >= 0.6 is 11.6 Å². The first kappa shape index (κ1) is 20.7. The smallest absolute Gasteiger partial charge is 0.222 e. The molecule has 1 aromatic carbocycles. The van der Waals surface area contributed by atoms with Gasteiger partial charge in [-0.25, -0.2) is 4.98 Å². The second-order valence-electron chi connectivity index (χ2n) is 6.87. The van der Waals surface area contributed by atoms with Gasteiger partial charge in [-0.15, -0.1) is 0 Å². The molecule has 2 aromatic rings. The van der Waals surface area contributed by atoms with E-state index < -0.39 is 0 Å². The van der Waals surface area contributed by atoms with Crippen LogP contribution in [0.25, 0.3) is 0 Å². The van der Waals surface area contributed by atoms with E-state index in [0.29, 0.717) is 24.1 Å². The van der Waals surface area contributed by atoms with Crippen LogP contribution in [0.15, 0.2) is 18.2 Å². The van der Waals surface area contributed by atoms with E-state index in [1.807, 2.05) is 46.8 Å². The summed E-state index contributed by atoms with van der Waals surface area (Å²) < 4.78 is 11.7. The van der Waals surface area contributed by atoms with Crippen molar-refractivity contribution in [1.29, 1.82) is 0 Å². The van der Waals surface area contributed by atoms with Crippen LogP contribution < -0.4 is 10.5 Å². The molecule has 1 aromatic heterocycles. The SMILES string of the molecule is CCOCC(N)C(C)c1cc(C)nc(Oc2c(C)cc(Cl)cc2C)c1C. The lowest BCUT2D eigenvalue weighted by Gasteiger charge is -2.23. The molecule has 0 bridgehead atoms. The first-order valence-electron chi connectivity index (χ1n) is 9.00. The third-order valence-corrected chi connectivity index (χ3v) is 4.89. The molecule has 2 atom stereocenters. The molecule has 0 fully saturated rings. The van der Waals surface area contributed by atoms with Crippen LogP contribution in [0.3, 0.4) is 0 Å². The van der Waals surface area contributed by atoms with Gasteiger partial charge in [-0.1, -0.05) is 18.5 Å². The Morgan fingerprint density at radius 2 is 1.73 bits per heavy atom. The van der Waals surface area contributed by atoms with Crippen molar-refractivity contribution in [3.8, 4) is 11.6 Å². The molecule has 26 heavy (non-hydrogen) atoms. The minimum absolute atomic E-state index is 0.0812. The maximum atomic E-state index is 6.32. The summed E-state index contributed by atoms with van der Waals surface area (Å²) in [5.74, 6) is 1.55. The molecule has 0 spiro atoms. The van der Waals surface area contributed by atoms with Crippen molar-refractivity contribution in [2.24, 2.45) is 5.73 Å². The highest BCUT2D eigenvalue weighted by molar-refractivity contribution is 6.30. The van der Waals surface area contributed by atoms with Gasteiger partial charge in [-0.05, 0) is 75.4 Å². The summed E-state index contributed by atoms with van der Waals surface area (Å²) in [7, 11) is 0. The largest absolute Gasteiger partial charge is 0.438 e. The maximum absolute atomic E-state index is 6.32. The zero-order valence-corrected chi connectivity index (χ0v) is 17.3. The Morgan fingerprint density at radius 3 is 2.31 bits per heavy atom. The summed E-state index contributed by atoms with van der Waals surface area (Å²) in [5.41, 5.74) is 11.3. The van der Waals surface area contributed by atoms with Crippen molar-refractivity contribution >= 4 is 11.6 Å². The van der Waals surface area contributed by atoms with Gasteiger partial charge < -0.3 is 15.2 Å². The van der Waals surface area contributed by atoms with Crippen LogP contribution in [0.5, 0.6) is 11.6 Å². The van der Waals surface area contributed by atoms with Gasteiger partial charge in [0, 0.05) is 28.9 Å². The van der Waals surface area contributed by atoms with Crippen molar-refractivity contribution in [1.82, 2.24) is 4.98 Å². The Bertz CT molecular complexity index is 754. The molecular weight excluding hydrogens is 348 g/mol. The molecule has 0 aliphatic rings. The van der Waals surface area contributed by atoms with Gasteiger partial charge in [-0.2, -0.15) is 0 Å². The van der Waals surface area contributed by atoms with Crippen LogP contribution in [0.2, 0.25) is 5.02 Å². The van der Waals surface area contributed by atoms with Gasteiger partial charge in [0.25, 0.3) is 0 Å². The highest BCUT2D eigenvalue weighted by atomic mass is 35.5. The van der Waals surface area contributed by atoms with Crippen molar-refractivity contribution < 1.29 is 9.47 Å². The fourth-order valence-electron chi connectivity index (χ4n) is 3.09. The van der Waals surface area contributed by atoms with E-state index in [1.54, 1.807) is 0 Å². The second kappa shape index (κ2) is 8.85. The maximum Gasteiger partial charge on any atom is 0.222 e. The summed E-state index contributed by atoms with van der Waals surface area (Å²) in [4.78, 5) is 4.61. The summed E-state index contributed by atoms with van der Waals surface area (Å²) in [6.07, 6.45) is 0. The quantitative estimate of drug-likeness (QED) is 0.718. The summed E-state index contributed by atoms with van der Waals surface area (Å²) in [5, 5.41) is 0.706. The van der Waals surface area contributed by atoms with E-state index in [0.717, 1.165) is 33.7 Å². The van der Waals surface area contributed by atoms with E-state index in [2.05, 4.69) is 18.0 Å². The molecule has 0 aliphatic heterocycles. The van der Waals surface area contributed by atoms with Crippen molar-refractivity contribution in [3.05, 3.63) is 51.2 Å². The molecule has 2 rings (SSSR count). The topological polar surface area (TPSA) is 57.4 Å². The van der Waals surface area contributed by atoms with E-state index in [1.165, 1.54) is 0 Å². The minimum atomic E-state index is -0.0812. The molecule has 142 valence electrons. The molecule has 2 unspecified atom stereocenters. The van der Waals surface area contributed by atoms with E-state index >= 15 is 0 Å². The molecule has 5 heteroatoms. The third kappa shape index (κ3) is 4.76. The third-order valence-electron chi connectivity index (χ3n) is 4.67. The molecule has 0 radical (unpaired) electrons. The number of ether oxygens (including phenoxy) is 2. The van der Waals surface area contributed by atoms with Crippen LogP contribution in [0.1, 0.15) is 47.7 Å². The summed E-state index contributed by atoms with van der Waals surface area (Å²) in [6, 6.07) is 5.80. The first-order valence-corrected chi connectivity index (χ1v) is 9.38. The number of nitrogens with two attached hydrogens (primary N) is 1. The number of pyridine rings is 1. The number of rotatable bonds is 7. The highest BCUT2D eigenvalue weighted by Gasteiger charge is 2.21. The van der Waals surface area contributed by atoms with Gasteiger partial charge in [0.1, 0.15) is 5.75 Å². The lowest BCUT2D eigenvalue weighted by Crippen LogP contribution is -2.32. The average Bonchev–Trinajstić information content (AvgIpc) is 2.57. The number of aromatic nitrogens is 1. The number of nitrogens with zero attached hydrogens (tertiary/aromatic N) is 1. The number of halogens is 1. The van der Waals surface area contributed by atoms with Gasteiger partial charge in [0.15, 0.2) is 0 Å². The van der Waals surface area contributed by atoms with Crippen molar-refractivity contribution in [3.63, 3.8) is 0 Å². The van der Waals surface area contributed by atoms with E-state index in [4.69, 9.17) is 26.8 Å². The fraction of sp³-hybridized carbons (Fsp3) is 0.476. The average molecular weight is 377 g/mol. The normalized spacial score (nSPS) is 13.5. The van der Waals surface area contributed by atoms with Gasteiger partial charge in [0.05, 0.1) is 6.61 Å². The number of hydrogen-bond acceptors (Lipinski definition) is 4. The summed E-state index contributed by atoms with van der Waals surface area (Å²) in [6.45, 7) is 13.3. The molecular formula is C21H29ClN2O2. The predicted molar refractivity (Wildman–Crippen MR) is 108 cm³/mol. The van der Waals surface area contributed by atoms with Crippen LogP contribution in [-0.4, -0.2) is 24.2 Å². The fourth-order valence-corrected chi connectivity index (χ4v) is 3.42. The van der Waals surface area contributed by atoms with E-state index in [-0.39, 0.29) is 12.0 Å². The van der Waals surface area contributed by atoms with Gasteiger partial charge in [-0.3, -0.25) is 0 Å². The first-order chi connectivity index (χ1) is 12.2. The highest BCUT2D eigenvalue weighted by Crippen LogP contribution is 2.35. The Morgan fingerprint density at radius 1 is 1.12 bits per heavy atom. The zero-order chi connectivity index (χ0) is 19.4. The Balaban J connectivity index is 2.38. The Kier molecular flexibility index (Phi) is 7.04. The minimum Gasteiger partial charge on any atom is -0.438 e.